The Bertz CT molecular complexity index is 1080. The molecule has 0 radical (unpaired) electrons. The van der Waals surface area contributed by atoms with Crippen molar-refractivity contribution in [2.24, 2.45) is 16.9 Å². The normalized spacial score (nSPS) is 18.2. The Kier molecular flexibility index (Phi) is 7.57. The molecule has 4 rings (SSSR count). The first-order chi connectivity index (χ1) is 15.9. The summed E-state index contributed by atoms with van der Waals surface area (Å²) in [5, 5.41) is 5.23. The monoisotopic (exact) mass is 464 g/mol. The summed E-state index contributed by atoms with van der Waals surface area (Å²) in [4.78, 5) is 11.6. The molecule has 1 aromatic carbocycles. The molecule has 3 heterocycles. The second-order valence-corrected chi connectivity index (χ2v) is 15.8. The van der Waals surface area contributed by atoms with Gasteiger partial charge in [0.2, 0.25) is 0 Å². The number of fused-ring (bicyclic) bond motifs is 1. The maximum Gasteiger partial charge on any atom is 0.145 e. The van der Waals surface area contributed by atoms with Crippen molar-refractivity contribution in [1.29, 1.82) is 0 Å². The predicted molar refractivity (Wildman–Crippen MR) is 137 cm³/mol. The average molecular weight is 465 g/mol. The highest BCUT2D eigenvalue weighted by atomic mass is 28.3. The molecule has 3 aromatic rings. The molecule has 1 saturated heterocycles. The molecule has 2 N–H and O–H groups in total. The Balaban J connectivity index is 1.48. The highest BCUT2D eigenvalue weighted by Crippen LogP contribution is 2.26. The van der Waals surface area contributed by atoms with E-state index in [4.69, 9.17) is 10.6 Å². The fraction of sp³-hybridized carbons (Fsp3) is 0.480. The molecule has 0 spiro atoms. The molecule has 176 valence electrons. The van der Waals surface area contributed by atoms with E-state index in [-0.39, 0.29) is 5.92 Å². The van der Waals surface area contributed by atoms with Crippen molar-refractivity contribution in [3.63, 3.8) is 0 Å². The Morgan fingerprint density at radius 1 is 1.18 bits per heavy atom. The Morgan fingerprint density at radius 3 is 2.76 bits per heavy atom. The molecule has 33 heavy (non-hydrogen) atoms. The van der Waals surface area contributed by atoms with E-state index < -0.39 is 8.07 Å². The van der Waals surface area contributed by atoms with Crippen LogP contribution >= 0.6 is 0 Å². The van der Waals surface area contributed by atoms with Crippen LogP contribution in [0.4, 0.5) is 0 Å². The minimum atomic E-state index is -1.11. The van der Waals surface area contributed by atoms with Crippen LogP contribution in [0.25, 0.3) is 11.0 Å². The van der Waals surface area contributed by atoms with Gasteiger partial charge in [-0.15, -0.1) is 0 Å². The smallest absolute Gasteiger partial charge is 0.145 e. The molecule has 1 aliphatic rings. The molecule has 1 fully saturated rings. The number of ether oxygens (including phenoxy) is 1. The van der Waals surface area contributed by atoms with Gasteiger partial charge >= 0.3 is 0 Å². The number of piperidine rings is 1. The van der Waals surface area contributed by atoms with Crippen LogP contribution in [0.15, 0.2) is 54.0 Å². The number of nitrogens with zero attached hydrogens (tertiary/aromatic N) is 5. The van der Waals surface area contributed by atoms with Crippen LogP contribution in [-0.4, -0.2) is 52.9 Å². The molecule has 0 saturated carbocycles. The number of benzene rings is 1. The summed E-state index contributed by atoms with van der Waals surface area (Å²) in [6.45, 7) is 11.3. The van der Waals surface area contributed by atoms with Crippen molar-refractivity contribution in [2.45, 2.75) is 51.8 Å². The summed E-state index contributed by atoms with van der Waals surface area (Å²) >= 11 is 0. The van der Waals surface area contributed by atoms with Crippen molar-refractivity contribution in [3.05, 3.63) is 60.2 Å². The lowest BCUT2D eigenvalue weighted by Gasteiger charge is -2.33. The van der Waals surface area contributed by atoms with Gasteiger partial charge in [0, 0.05) is 45.3 Å². The number of hydrazone groups is 1. The SMILES string of the molecule is C[Si](C)(C)CCOCn1ccc2c(/C(=N\N)C3CCCN(Cc4ccccc4)C3)ncnc21. The van der Waals surface area contributed by atoms with Crippen LogP contribution in [0.2, 0.25) is 25.7 Å². The van der Waals surface area contributed by atoms with Gasteiger partial charge in [0.15, 0.2) is 0 Å². The van der Waals surface area contributed by atoms with Gasteiger partial charge in [0.25, 0.3) is 0 Å². The third-order valence-electron chi connectivity index (χ3n) is 6.31. The molecule has 1 aliphatic heterocycles. The zero-order valence-corrected chi connectivity index (χ0v) is 21.1. The third-order valence-corrected chi connectivity index (χ3v) is 8.01. The first-order valence-corrected chi connectivity index (χ1v) is 15.6. The van der Waals surface area contributed by atoms with E-state index in [1.54, 1.807) is 6.33 Å². The van der Waals surface area contributed by atoms with Crippen molar-refractivity contribution in [2.75, 3.05) is 19.7 Å². The van der Waals surface area contributed by atoms with Crippen LogP contribution in [0.5, 0.6) is 0 Å². The largest absolute Gasteiger partial charge is 0.361 e. The Labute approximate surface area is 197 Å². The molecule has 0 aliphatic carbocycles. The van der Waals surface area contributed by atoms with Crippen molar-refractivity contribution in [3.8, 4) is 0 Å². The molecule has 2 aromatic heterocycles. The standard InChI is InChI=1S/C25H36N6OSi/c1-33(2,3)15-14-32-19-31-13-11-22-24(27-18-28-25(22)31)23(29-26)21-10-7-12-30(17-21)16-20-8-5-4-6-9-20/h4-6,8-9,11,13,18,21H,7,10,12,14-17,19,26H2,1-3H3/b29-23-. The Morgan fingerprint density at radius 2 is 2.00 bits per heavy atom. The molecular formula is C25H36N6OSi. The van der Waals surface area contributed by atoms with E-state index >= 15 is 0 Å². The van der Waals surface area contributed by atoms with E-state index in [9.17, 15) is 0 Å². The van der Waals surface area contributed by atoms with Gasteiger partial charge in [0.1, 0.15) is 18.7 Å². The van der Waals surface area contributed by atoms with E-state index in [1.165, 1.54) is 5.56 Å². The van der Waals surface area contributed by atoms with Crippen LogP contribution in [0.3, 0.4) is 0 Å². The topological polar surface area (TPSA) is 81.6 Å². The van der Waals surface area contributed by atoms with Crippen LogP contribution < -0.4 is 5.84 Å². The summed E-state index contributed by atoms with van der Waals surface area (Å²) in [5.74, 6) is 6.20. The van der Waals surface area contributed by atoms with Crippen LogP contribution in [0, 0.1) is 5.92 Å². The summed E-state index contributed by atoms with van der Waals surface area (Å²) in [5.41, 5.74) is 3.92. The summed E-state index contributed by atoms with van der Waals surface area (Å²) < 4.78 is 7.99. The third kappa shape index (κ3) is 6.07. The summed E-state index contributed by atoms with van der Waals surface area (Å²) in [6.07, 6.45) is 5.82. The van der Waals surface area contributed by atoms with Crippen LogP contribution in [0.1, 0.15) is 24.1 Å². The average Bonchev–Trinajstić information content (AvgIpc) is 3.21. The molecular weight excluding hydrogens is 428 g/mol. The van der Waals surface area contributed by atoms with E-state index in [0.29, 0.717) is 6.73 Å². The molecule has 0 amide bonds. The second kappa shape index (κ2) is 10.6. The van der Waals surface area contributed by atoms with Gasteiger partial charge < -0.3 is 15.1 Å². The summed E-state index contributed by atoms with van der Waals surface area (Å²) in [7, 11) is -1.11. The van der Waals surface area contributed by atoms with Gasteiger partial charge in [-0.25, -0.2) is 9.97 Å². The van der Waals surface area contributed by atoms with Gasteiger partial charge in [-0.1, -0.05) is 50.0 Å². The summed E-state index contributed by atoms with van der Waals surface area (Å²) in [6, 6.07) is 13.8. The van der Waals surface area contributed by atoms with Gasteiger partial charge in [-0.05, 0) is 37.1 Å². The molecule has 0 bridgehead atoms. The van der Waals surface area contributed by atoms with E-state index in [1.807, 2.05) is 10.8 Å². The van der Waals surface area contributed by atoms with Gasteiger partial charge in [-0.3, -0.25) is 4.90 Å². The van der Waals surface area contributed by atoms with E-state index in [0.717, 1.165) is 67.6 Å². The lowest BCUT2D eigenvalue weighted by Crippen LogP contribution is -2.39. The fourth-order valence-electron chi connectivity index (χ4n) is 4.48. The quantitative estimate of drug-likeness (QED) is 0.168. The molecule has 1 atom stereocenters. The number of hydrogen-bond donors (Lipinski definition) is 1. The van der Waals surface area contributed by atoms with Crippen molar-refractivity contribution >= 4 is 24.8 Å². The first-order valence-electron chi connectivity index (χ1n) is 11.9. The van der Waals surface area contributed by atoms with Crippen LogP contribution in [-0.2, 0) is 18.0 Å². The van der Waals surface area contributed by atoms with Crippen molar-refractivity contribution in [1.82, 2.24) is 19.4 Å². The maximum absolute atomic E-state index is 5.95. The zero-order chi connectivity index (χ0) is 23.3. The number of aromatic nitrogens is 3. The van der Waals surface area contributed by atoms with E-state index in [2.05, 4.69) is 76.0 Å². The Hall–Kier alpha value is -2.55. The number of hydrogen-bond acceptors (Lipinski definition) is 6. The molecule has 8 heteroatoms. The lowest BCUT2D eigenvalue weighted by atomic mass is 9.90. The van der Waals surface area contributed by atoms with Gasteiger partial charge in [0.05, 0.1) is 11.4 Å². The number of nitrogens with two attached hydrogens (primary N) is 1. The first kappa shape index (κ1) is 23.6. The molecule has 1 unspecified atom stereocenters. The number of rotatable bonds is 9. The number of likely N-dealkylation sites (tertiary alicyclic amines) is 1. The minimum Gasteiger partial charge on any atom is -0.361 e. The van der Waals surface area contributed by atoms with Crippen molar-refractivity contribution < 1.29 is 4.74 Å². The lowest BCUT2D eigenvalue weighted by molar-refractivity contribution is 0.0899. The predicted octanol–water partition coefficient (Wildman–Crippen LogP) is 4.32. The minimum absolute atomic E-state index is 0.252. The fourth-order valence-corrected chi connectivity index (χ4v) is 5.23. The zero-order valence-electron chi connectivity index (χ0n) is 20.1. The highest BCUT2D eigenvalue weighted by molar-refractivity contribution is 6.76. The van der Waals surface area contributed by atoms with Gasteiger partial charge in [-0.2, -0.15) is 5.10 Å². The highest BCUT2D eigenvalue weighted by Gasteiger charge is 2.27. The second-order valence-electron chi connectivity index (χ2n) is 10.2. The molecule has 7 nitrogen and oxygen atoms in total. The maximum atomic E-state index is 5.95.